The van der Waals surface area contributed by atoms with Crippen LogP contribution in [0.25, 0.3) is 0 Å². The van der Waals surface area contributed by atoms with Crippen molar-refractivity contribution in [2.75, 3.05) is 6.26 Å². The number of carbonyl (C=O) groups is 2. The molecule has 7 heteroatoms. The first-order chi connectivity index (χ1) is 10.1. The van der Waals surface area contributed by atoms with Crippen molar-refractivity contribution in [2.24, 2.45) is 0 Å². The van der Waals surface area contributed by atoms with E-state index in [0.717, 1.165) is 6.26 Å². The van der Waals surface area contributed by atoms with E-state index in [1.165, 1.54) is 13.0 Å². The molecule has 122 valence electrons. The number of aliphatic carboxylic acids is 1. The zero-order valence-corrected chi connectivity index (χ0v) is 13.7. The van der Waals surface area contributed by atoms with Gasteiger partial charge in [-0.3, -0.25) is 4.79 Å². The van der Waals surface area contributed by atoms with Crippen LogP contribution >= 0.6 is 0 Å². The lowest BCUT2D eigenvalue weighted by molar-refractivity contribution is -0.147. The predicted molar refractivity (Wildman–Crippen MR) is 82.3 cm³/mol. The summed E-state index contributed by atoms with van der Waals surface area (Å²) in [6.07, 6.45) is 1.78. The van der Waals surface area contributed by atoms with Gasteiger partial charge in [-0.1, -0.05) is 31.5 Å². The third-order valence-corrected chi connectivity index (χ3v) is 4.56. The standard InChI is InChI=1S/C15H21NO5S/c1-4-9-15(2,14(18)19)16-13(17)10-11-7-5-6-8-12(11)22(3,20)21/h5-8H,4,9-10H2,1-3H3,(H,16,17)(H,18,19). The predicted octanol–water partition coefficient (Wildman–Crippen LogP) is 1.39. The van der Waals surface area contributed by atoms with Crippen LogP contribution in [0.5, 0.6) is 0 Å². The molecule has 6 nitrogen and oxygen atoms in total. The van der Waals surface area contributed by atoms with Crippen LogP contribution in [-0.4, -0.2) is 37.2 Å². The van der Waals surface area contributed by atoms with Crippen LogP contribution in [0.1, 0.15) is 32.3 Å². The fourth-order valence-corrected chi connectivity index (χ4v) is 3.20. The minimum atomic E-state index is -3.45. The zero-order valence-electron chi connectivity index (χ0n) is 12.9. The van der Waals surface area contributed by atoms with Crippen molar-refractivity contribution in [3.63, 3.8) is 0 Å². The molecule has 0 spiro atoms. The summed E-state index contributed by atoms with van der Waals surface area (Å²) in [7, 11) is -3.45. The average Bonchev–Trinajstić information content (AvgIpc) is 2.37. The number of sulfone groups is 1. The molecule has 2 N–H and O–H groups in total. The summed E-state index contributed by atoms with van der Waals surface area (Å²) >= 11 is 0. The van der Waals surface area contributed by atoms with Gasteiger partial charge in [0.2, 0.25) is 5.91 Å². The number of carboxylic acids is 1. The van der Waals surface area contributed by atoms with Gasteiger partial charge in [-0.15, -0.1) is 0 Å². The minimum absolute atomic E-state index is 0.0812. The van der Waals surface area contributed by atoms with E-state index in [1.54, 1.807) is 18.2 Å². The van der Waals surface area contributed by atoms with Gasteiger partial charge in [0.25, 0.3) is 0 Å². The van der Waals surface area contributed by atoms with Crippen molar-refractivity contribution < 1.29 is 23.1 Å². The molecule has 22 heavy (non-hydrogen) atoms. The second-order valence-corrected chi connectivity index (χ2v) is 7.48. The summed E-state index contributed by atoms with van der Waals surface area (Å²) in [6, 6.07) is 6.20. The zero-order chi connectivity index (χ0) is 17.0. The Bertz CT molecular complexity index is 668. The van der Waals surface area contributed by atoms with Crippen LogP contribution in [0.4, 0.5) is 0 Å². The number of carboxylic acid groups (broad SMARTS) is 1. The summed E-state index contributed by atoms with van der Waals surface area (Å²) < 4.78 is 23.4. The quantitative estimate of drug-likeness (QED) is 0.788. The molecule has 0 fully saturated rings. The van der Waals surface area contributed by atoms with Gasteiger partial charge in [-0.05, 0) is 25.0 Å². The first kappa shape index (κ1) is 18.2. The number of hydrogen-bond acceptors (Lipinski definition) is 4. The fourth-order valence-electron chi connectivity index (χ4n) is 2.26. The Hall–Kier alpha value is -1.89. The molecule has 0 aromatic heterocycles. The first-order valence-corrected chi connectivity index (χ1v) is 8.81. The Morgan fingerprint density at radius 3 is 2.36 bits per heavy atom. The molecular formula is C15H21NO5S. The van der Waals surface area contributed by atoms with Crippen molar-refractivity contribution in [3.05, 3.63) is 29.8 Å². The van der Waals surface area contributed by atoms with E-state index >= 15 is 0 Å². The van der Waals surface area contributed by atoms with Crippen LogP contribution in [0.3, 0.4) is 0 Å². The SMILES string of the molecule is CCCC(C)(NC(=O)Cc1ccccc1S(C)(=O)=O)C(=O)O. The summed E-state index contributed by atoms with van der Waals surface area (Å²) in [5.74, 6) is -1.63. The largest absolute Gasteiger partial charge is 0.480 e. The van der Waals surface area contributed by atoms with E-state index in [4.69, 9.17) is 0 Å². The molecule has 0 aliphatic rings. The number of benzene rings is 1. The number of carbonyl (C=O) groups excluding carboxylic acids is 1. The number of rotatable bonds is 7. The second kappa shape index (κ2) is 6.91. The highest BCUT2D eigenvalue weighted by Gasteiger charge is 2.33. The van der Waals surface area contributed by atoms with E-state index in [1.807, 2.05) is 6.92 Å². The molecule has 0 heterocycles. The maximum Gasteiger partial charge on any atom is 0.329 e. The van der Waals surface area contributed by atoms with E-state index in [2.05, 4.69) is 5.32 Å². The Morgan fingerprint density at radius 1 is 1.27 bits per heavy atom. The molecule has 0 radical (unpaired) electrons. The Kier molecular flexibility index (Phi) is 5.71. The second-order valence-electron chi connectivity index (χ2n) is 5.49. The molecule has 1 aromatic rings. The lowest BCUT2D eigenvalue weighted by atomic mass is 9.96. The van der Waals surface area contributed by atoms with Crippen LogP contribution < -0.4 is 5.32 Å². The van der Waals surface area contributed by atoms with Crippen molar-refractivity contribution in [1.82, 2.24) is 5.32 Å². The van der Waals surface area contributed by atoms with E-state index in [-0.39, 0.29) is 11.3 Å². The van der Waals surface area contributed by atoms with Crippen molar-refractivity contribution >= 4 is 21.7 Å². The first-order valence-electron chi connectivity index (χ1n) is 6.92. The van der Waals surface area contributed by atoms with Gasteiger partial charge in [0.15, 0.2) is 9.84 Å². The summed E-state index contributed by atoms with van der Waals surface area (Å²) in [4.78, 5) is 23.5. The van der Waals surface area contributed by atoms with Crippen molar-refractivity contribution in [1.29, 1.82) is 0 Å². The van der Waals surface area contributed by atoms with Crippen LogP contribution in [0.2, 0.25) is 0 Å². The number of nitrogens with one attached hydrogen (secondary N) is 1. The van der Waals surface area contributed by atoms with Crippen molar-refractivity contribution in [2.45, 2.75) is 43.5 Å². The highest BCUT2D eigenvalue weighted by molar-refractivity contribution is 7.90. The average molecular weight is 327 g/mol. The Balaban J connectivity index is 2.97. The fraction of sp³-hybridized carbons (Fsp3) is 0.467. The van der Waals surface area contributed by atoms with E-state index < -0.39 is 27.3 Å². The lowest BCUT2D eigenvalue weighted by Gasteiger charge is -2.26. The Labute approximate surface area is 130 Å². The highest BCUT2D eigenvalue weighted by Crippen LogP contribution is 2.17. The van der Waals surface area contributed by atoms with E-state index in [9.17, 15) is 23.1 Å². The summed E-state index contributed by atoms with van der Waals surface area (Å²) in [5, 5.41) is 11.7. The molecule has 0 saturated carbocycles. The van der Waals surface area contributed by atoms with Gasteiger partial charge in [0, 0.05) is 6.26 Å². The molecule has 1 unspecified atom stereocenters. The lowest BCUT2D eigenvalue weighted by Crippen LogP contribution is -2.52. The van der Waals surface area contributed by atoms with Gasteiger partial charge in [-0.25, -0.2) is 13.2 Å². The van der Waals surface area contributed by atoms with E-state index in [0.29, 0.717) is 18.4 Å². The van der Waals surface area contributed by atoms with Crippen LogP contribution in [-0.2, 0) is 25.8 Å². The topological polar surface area (TPSA) is 101 Å². The third-order valence-electron chi connectivity index (χ3n) is 3.36. The molecule has 1 atom stereocenters. The molecule has 1 amide bonds. The molecule has 0 bridgehead atoms. The smallest absolute Gasteiger partial charge is 0.329 e. The molecule has 1 rings (SSSR count). The van der Waals surface area contributed by atoms with Gasteiger partial charge in [0.1, 0.15) is 5.54 Å². The van der Waals surface area contributed by atoms with Gasteiger partial charge in [0.05, 0.1) is 11.3 Å². The Morgan fingerprint density at radius 2 is 1.86 bits per heavy atom. The molecular weight excluding hydrogens is 306 g/mol. The number of hydrogen-bond donors (Lipinski definition) is 2. The highest BCUT2D eigenvalue weighted by atomic mass is 32.2. The summed E-state index contributed by atoms with van der Waals surface area (Å²) in [5.41, 5.74) is -1.00. The maximum absolute atomic E-state index is 12.1. The van der Waals surface area contributed by atoms with Crippen LogP contribution in [0, 0.1) is 0 Å². The molecule has 0 saturated heterocycles. The van der Waals surface area contributed by atoms with Crippen LogP contribution in [0.15, 0.2) is 29.2 Å². The number of amides is 1. The molecule has 0 aliphatic carbocycles. The van der Waals surface area contributed by atoms with Gasteiger partial charge in [-0.2, -0.15) is 0 Å². The maximum atomic E-state index is 12.1. The third kappa shape index (κ3) is 4.56. The minimum Gasteiger partial charge on any atom is -0.480 e. The summed E-state index contributed by atoms with van der Waals surface area (Å²) in [6.45, 7) is 3.27. The molecule has 1 aromatic carbocycles. The van der Waals surface area contributed by atoms with Gasteiger partial charge >= 0.3 is 5.97 Å². The normalized spacial score (nSPS) is 14.1. The molecule has 0 aliphatic heterocycles. The monoisotopic (exact) mass is 327 g/mol. The van der Waals surface area contributed by atoms with Crippen molar-refractivity contribution in [3.8, 4) is 0 Å². The van der Waals surface area contributed by atoms with Gasteiger partial charge < -0.3 is 10.4 Å².